The Morgan fingerprint density at radius 2 is 1.83 bits per heavy atom. The van der Waals surface area contributed by atoms with Crippen LogP contribution in [0.1, 0.15) is 96.6 Å². The highest BCUT2D eigenvalue weighted by Gasteiger charge is 2.63. The molecule has 0 spiro atoms. The van der Waals surface area contributed by atoms with Crippen LogP contribution in [0, 0.1) is 30.6 Å². The Bertz CT molecular complexity index is 2040. The molecule has 5 aliphatic rings. The Hall–Kier alpha value is -3.80. The number of ether oxygens (including phenoxy) is 4. The van der Waals surface area contributed by atoms with Crippen molar-refractivity contribution in [3.63, 3.8) is 0 Å². The van der Waals surface area contributed by atoms with Crippen LogP contribution in [0.4, 0.5) is 10.5 Å². The van der Waals surface area contributed by atoms with Gasteiger partial charge < -0.3 is 34.3 Å². The molecule has 0 radical (unpaired) electrons. The number of carbonyl (C=O) groups excluding carboxylic acids is 6. The number of anilines is 1. The molecular formula is C48H67ClN4O11S. The number of imide groups is 1. The maximum Gasteiger partial charge on any atom is 0.409 e. The number of nitrogens with one attached hydrogen (secondary N) is 2. The second-order valence-corrected chi connectivity index (χ2v) is 20.6. The van der Waals surface area contributed by atoms with E-state index in [9.17, 15) is 33.9 Å². The number of epoxide rings is 1. The summed E-state index contributed by atoms with van der Waals surface area (Å²) in [7, 11) is 4.77. The Balaban J connectivity index is 1.10. The normalized spacial score (nSPS) is 33.9. The Kier molecular flexibility index (Phi) is 16.7. The van der Waals surface area contributed by atoms with Crippen molar-refractivity contribution in [2.75, 3.05) is 45.0 Å². The van der Waals surface area contributed by atoms with Gasteiger partial charge in [-0.05, 0) is 95.1 Å². The molecule has 4 bridgehead atoms. The minimum Gasteiger partial charge on any atom is -0.446 e. The maximum absolute atomic E-state index is 14.3. The highest BCUT2D eigenvalue weighted by Crippen LogP contribution is 2.52. The molecule has 1 aromatic carbocycles. The maximum atomic E-state index is 14.3. The minimum absolute atomic E-state index is 0.00872. The first kappa shape index (κ1) is 50.6. The zero-order valence-electron chi connectivity index (χ0n) is 39.0. The van der Waals surface area contributed by atoms with Gasteiger partial charge in [-0.15, -0.1) is 11.8 Å². The van der Waals surface area contributed by atoms with Crippen molar-refractivity contribution >= 4 is 64.6 Å². The van der Waals surface area contributed by atoms with Crippen LogP contribution < -0.4 is 15.5 Å². The summed E-state index contributed by atoms with van der Waals surface area (Å²) >= 11 is 8.26. The Morgan fingerprint density at radius 1 is 1.11 bits per heavy atom. The number of halogens is 1. The van der Waals surface area contributed by atoms with E-state index in [2.05, 4.69) is 10.6 Å². The van der Waals surface area contributed by atoms with Crippen molar-refractivity contribution in [1.29, 1.82) is 0 Å². The second kappa shape index (κ2) is 21.4. The fraction of sp³-hybridized carbons (Fsp3) is 0.667. The first-order valence-corrected chi connectivity index (χ1v) is 24.3. The van der Waals surface area contributed by atoms with Gasteiger partial charge in [0, 0.05) is 77.8 Å². The highest BCUT2D eigenvalue weighted by atomic mass is 35.5. The van der Waals surface area contributed by atoms with Gasteiger partial charge in [0.25, 0.3) is 0 Å². The van der Waals surface area contributed by atoms with Gasteiger partial charge in [-0.25, -0.2) is 4.79 Å². The zero-order valence-corrected chi connectivity index (χ0v) is 40.6. The van der Waals surface area contributed by atoms with E-state index in [0.717, 1.165) is 42.4 Å². The number of fused-ring (bicyclic) bond motifs is 5. The van der Waals surface area contributed by atoms with Crippen LogP contribution in [0.25, 0.3) is 0 Å². The topological polar surface area (TPSA) is 193 Å². The number of benzene rings is 1. The molecule has 1 aromatic rings. The fourth-order valence-corrected chi connectivity index (χ4v) is 11.3. The smallest absolute Gasteiger partial charge is 0.409 e. The van der Waals surface area contributed by atoms with Gasteiger partial charge in [-0.1, -0.05) is 48.4 Å². The van der Waals surface area contributed by atoms with E-state index >= 15 is 0 Å². The number of thioether (sulfide) groups is 1. The number of ketones is 1. The quantitative estimate of drug-likeness (QED) is 0.122. The van der Waals surface area contributed by atoms with Gasteiger partial charge in [0.15, 0.2) is 11.5 Å². The molecule has 1 saturated carbocycles. The lowest BCUT2D eigenvalue weighted by Gasteiger charge is -2.42. The van der Waals surface area contributed by atoms with Crippen LogP contribution >= 0.6 is 23.4 Å². The van der Waals surface area contributed by atoms with E-state index in [0.29, 0.717) is 35.8 Å². The fourth-order valence-electron chi connectivity index (χ4n) is 9.97. The van der Waals surface area contributed by atoms with E-state index < -0.39 is 58.9 Å². The molecule has 9 atom stereocenters. The van der Waals surface area contributed by atoms with Gasteiger partial charge in [-0.2, -0.15) is 0 Å². The Labute approximate surface area is 392 Å². The molecule has 0 aromatic heterocycles. The second-order valence-electron chi connectivity index (χ2n) is 18.9. The van der Waals surface area contributed by atoms with Crippen molar-refractivity contribution in [1.82, 2.24) is 15.5 Å². The number of hydrogen-bond acceptors (Lipinski definition) is 12. The number of aliphatic hydroxyl groups is 1. The number of alkyl carbamates (subject to hydrolysis) is 1. The number of methoxy groups -OCH3 is 1. The van der Waals surface area contributed by atoms with Gasteiger partial charge in [0.05, 0.1) is 27.7 Å². The predicted molar refractivity (Wildman–Crippen MR) is 247 cm³/mol. The van der Waals surface area contributed by atoms with Gasteiger partial charge in [0.2, 0.25) is 23.6 Å². The van der Waals surface area contributed by atoms with Gasteiger partial charge >= 0.3 is 6.09 Å². The van der Waals surface area contributed by atoms with Crippen molar-refractivity contribution in [2.45, 2.75) is 140 Å². The summed E-state index contributed by atoms with van der Waals surface area (Å²) in [5.41, 5.74) is 0.501. The van der Waals surface area contributed by atoms with E-state index in [1.165, 1.54) is 28.7 Å². The third kappa shape index (κ3) is 11.8. The summed E-state index contributed by atoms with van der Waals surface area (Å²) in [5.74, 6) is -1.08. The summed E-state index contributed by atoms with van der Waals surface area (Å²) in [6, 6.07) is 3.87. The summed E-state index contributed by atoms with van der Waals surface area (Å²) < 4.78 is 23.9. The number of amides is 5. The van der Waals surface area contributed by atoms with Gasteiger partial charge in [0.1, 0.15) is 18.3 Å². The largest absolute Gasteiger partial charge is 0.446 e. The standard InChI is InChI=1S/C48H67ClN4O11S/c1-27-11-9-12-39(61-8)48(60)25-37(63-46(59)51-48)29(3)43-47(5,64-43)34(23-40(55)52(7)35-21-32(19-27)20-28(2)42(35)49)22-36(54)30(4)62-17-10-18-65-38-24-41(56)53(45(38)58)26-31-13-15-33(16-14-31)44(57)50-6/h9,11-12,20-21,29-31,33-34,37-39,43,60H,10,13-19,22-26H2,1-8H3,(H,50,57)(H,51,59)/b12-9+,27-11+/t29-,30-,31-,33-,34+,37+,38?,39-,43+,47+,48+/m1/s1. The van der Waals surface area contributed by atoms with Crippen LogP contribution in [-0.2, 0) is 49.3 Å². The number of allylic oxidation sites excluding steroid dienone is 3. The number of hydrogen-bond donors (Lipinski definition) is 3. The lowest BCUT2D eigenvalue weighted by molar-refractivity contribution is -0.142. The number of aryl methyl sites for hydroxylation is 1. The number of carbonyl (C=O) groups is 6. The van der Waals surface area contributed by atoms with E-state index in [-0.39, 0.29) is 73.5 Å². The highest BCUT2D eigenvalue weighted by molar-refractivity contribution is 8.00. The SMILES string of the molecule is CNC(=O)[C@H]1CC[C@H](CN2C(=O)CC(SCCCO[C@H](C)C(=O)C[C@H]3CC(=O)N(C)c4cc(cc(C)c4Cl)C/C(C)=C/C=C/[C@@H](OC)[C@@]4(O)C[C@H](OC(=O)N4)[C@@H](C)[C@@H]4O[C@@]34C)C2=O)CC1. The van der Waals surface area contributed by atoms with E-state index in [1.807, 2.05) is 45.9 Å². The first-order valence-electron chi connectivity index (χ1n) is 22.9. The molecule has 15 nitrogen and oxygen atoms in total. The van der Waals surface area contributed by atoms with Crippen molar-refractivity contribution < 1.29 is 52.8 Å². The van der Waals surface area contributed by atoms with Crippen molar-refractivity contribution in [3.8, 4) is 0 Å². The molecule has 358 valence electrons. The molecule has 4 heterocycles. The molecular weight excluding hydrogens is 876 g/mol. The third-order valence-corrected chi connectivity index (χ3v) is 15.9. The van der Waals surface area contributed by atoms with Crippen LogP contribution in [-0.4, -0.2) is 127 Å². The van der Waals surface area contributed by atoms with E-state index in [4.69, 9.17) is 30.5 Å². The summed E-state index contributed by atoms with van der Waals surface area (Å²) in [4.78, 5) is 82.3. The zero-order chi connectivity index (χ0) is 47.4. The molecule has 17 heteroatoms. The molecule has 5 amide bonds. The lowest BCUT2D eigenvalue weighted by Crippen LogP contribution is -2.63. The number of nitrogens with zero attached hydrogens (tertiary/aromatic N) is 2. The van der Waals surface area contributed by atoms with Crippen LogP contribution in [0.5, 0.6) is 0 Å². The van der Waals surface area contributed by atoms with Crippen molar-refractivity contribution in [2.24, 2.45) is 23.7 Å². The van der Waals surface area contributed by atoms with Crippen LogP contribution in [0.2, 0.25) is 5.02 Å². The molecule has 6 rings (SSSR count). The average molecular weight is 944 g/mol. The van der Waals surface area contributed by atoms with E-state index in [1.54, 1.807) is 33.2 Å². The molecule has 3 saturated heterocycles. The Morgan fingerprint density at radius 3 is 2.52 bits per heavy atom. The predicted octanol–water partition coefficient (Wildman–Crippen LogP) is 5.84. The summed E-state index contributed by atoms with van der Waals surface area (Å²) in [6.07, 6.45) is 5.79. The molecule has 4 fully saturated rings. The average Bonchev–Trinajstić information content (AvgIpc) is 3.90. The lowest BCUT2D eigenvalue weighted by atomic mass is 9.78. The molecule has 3 N–H and O–H groups in total. The summed E-state index contributed by atoms with van der Waals surface area (Å²) in [5, 5.41) is 17.1. The molecule has 4 aliphatic heterocycles. The monoisotopic (exact) mass is 942 g/mol. The third-order valence-electron chi connectivity index (χ3n) is 14.2. The number of Topliss-reactive ketones (excluding diaryl/α,β-unsaturated/α-hetero) is 1. The number of likely N-dealkylation sites (tertiary alicyclic amines) is 1. The van der Waals surface area contributed by atoms with Crippen LogP contribution in [0.15, 0.2) is 35.9 Å². The minimum atomic E-state index is -1.79. The molecule has 1 unspecified atom stereocenters. The molecule has 65 heavy (non-hydrogen) atoms. The first-order chi connectivity index (χ1) is 30.8. The van der Waals surface area contributed by atoms with Crippen LogP contribution in [0.3, 0.4) is 0 Å². The number of rotatable bonds is 13. The summed E-state index contributed by atoms with van der Waals surface area (Å²) in [6.45, 7) is 9.91. The van der Waals surface area contributed by atoms with Gasteiger partial charge in [-0.3, -0.25) is 34.2 Å². The van der Waals surface area contributed by atoms with Crippen molar-refractivity contribution in [3.05, 3.63) is 52.1 Å². The molecule has 1 aliphatic carbocycles.